The topological polar surface area (TPSA) is 74.1 Å². The van der Waals surface area contributed by atoms with Crippen LogP contribution in [0.15, 0.2) is 36.4 Å². The summed E-state index contributed by atoms with van der Waals surface area (Å²) in [6.45, 7) is 8.37. The third kappa shape index (κ3) is 5.86. The van der Waals surface area contributed by atoms with Crippen LogP contribution in [0, 0.1) is 6.92 Å². The molecule has 1 heterocycles. The number of halogens is 1. The van der Waals surface area contributed by atoms with E-state index in [1.165, 1.54) is 5.56 Å². The highest BCUT2D eigenvalue weighted by Gasteiger charge is 2.14. The summed E-state index contributed by atoms with van der Waals surface area (Å²) in [7, 11) is 0. The monoisotopic (exact) mass is 429 g/mol. The predicted molar refractivity (Wildman–Crippen MR) is 118 cm³/mol. The van der Waals surface area contributed by atoms with Crippen molar-refractivity contribution < 1.29 is 9.47 Å². The lowest BCUT2D eigenvalue weighted by molar-refractivity contribution is 0.269. The number of anilines is 1. The lowest BCUT2D eigenvalue weighted by Crippen LogP contribution is -2.09. The molecule has 0 aliphatic rings. The number of nitrogens with zero attached hydrogens (tertiary/aromatic N) is 4. The van der Waals surface area contributed by atoms with Gasteiger partial charge in [0.1, 0.15) is 6.61 Å². The van der Waals surface area contributed by atoms with Gasteiger partial charge >= 0.3 is 0 Å². The Bertz CT molecular complexity index is 960. The van der Waals surface area contributed by atoms with Gasteiger partial charge < -0.3 is 14.8 Å². The first-order chi connectivity index (χ1) is 14.6. The van der Waals surface area contributed by atoms with Crippen LogP contribution in [0.25, 0.3) is 0 Å². The van der Waals surface area contributed by atoms with E-state index in [4.69, 9.17) is 21.1 Å². The fourth-order valence-electron chi connectivity index (χ4n) is 3.05. The summed E-state index contributed by atoms with van der Waals surface area (Å²) < 4.78 is 13.6. The molecule has 0 atom stereocenters. The van der Waals surface area contributed by atoms with E-state index in [0.717, 1.165) is 30.5 Å². The Balaban J connectivity index is 1.71. The third-order valence-corrected chi connectivity index (χ3v) is 4.82. The van der Waals surface area contributed by atoms with Crippen LogP contribution in [0.3, 0.4) is 0 Å². The highest BCUT2D eigenvalue weighted by molar-refractivity contribution is 6.32. The molecule has 160 valence electrons. The summed E-state index contributed by atoms with van der Waals surface area (Å²) in [4.78, 5) is 0. The Morgan fingerprint density at radius 1 is 1.10 bits per heavy atom. The van der Waals surface area contributed by atoms with Crippen molar-refractivity contribution in [1.29, 1.82) is 0 Å². The van der Waals surface area contributed by atoms with Crippen LogP contribution in [0.5, 0.6) is 11.5 Å². The molecule has 30 heavy (non-hydrogen) atoms. The highest BCUT2D eigenvalue weighted by Crippen LogP contribution is 2.37. The number of ether oxygens (including phenoxy) is 2. The summed E-state index contributed by atoms with van der Waals surface area (Å²) in [5.74, 6) is 1.81. The molecule has 0 radical (unpaired) electrons. The molecule has 7 nitrogen and oxygen atoms in total. The molecule has 0 aliphatic heterocycles. The number of tetrazole rings is 1. The van der Waals surface area contributed by atoms with Crippen molar-refractivity contribution in [2.75, 3.05) is 11.9 Å². The van der Waals surface area contributed by atoms with Crippen LogP contribution in [0.1, 0.15) is 43.4 Å². The average Bonchev–Trinajstić information content (AvgIpc) is 3.17. The Morgan fingerprint density at radius 2 is 1.97 bits per heavy atom. The molecule has 3 rings (SSSR count). The molecule has 8 heteroatoms. The minimum Gasteiger partial charge on any atom is -0.490 e. The molecule has 0 saturated heterocycles. The molecule has 0 saturated carbocycles. The molecule has 3 aromatic rings. The van der Waals surface area contributed by atoms with Gasteiger partial charge in [-0.3, -0.25) is 0 Å². The second kappa shape index (κ2) is 10.8. The van der Waals surface area contributed by atoms with Crippen molar-refractivity contribution in [2.24, 2.45) is 0 Å². The number of unbranched alkanes of at least 4 members (excludes halogenated alkanes) is 1. The van der Waals surface area contributed by atoms with E-state index in [1.807, 2.05) is 31.2 Å². The molecule has 2 aromatic carbocycles. The minimum absolute atomic E-state index is 0.422. The Kier molecular flexibility index (Phi) is 7.90. The molecule has 0 fully saturated rings. The van der Waals surface area contributed by atoms with Crippen LogP contribution in [0.2, 0.25) is 5.02 Å². The molecule has 0 unspecified atom stereocenters. The first-order valence-corrected chi connectivity index (χ1v) is 10.6. The third-order valence-electron chi connectivity index (χ3n) is 4.54. The maximum atomic E-state index is 6.55. The van der Waals surface area contributed by atoms with Crippen LogP contribution < -0.4 is 14.8 Å². The van der Waals surface area contributed by atoms with Crippen molar-refractivity contribution in [3.05, 3.63) is 58.1 Å². The lowest BCUT2D eigenvalue weighted by atomic mass is 10.1. The number of rotatable bonds is 11. The normalized spacial score (nSPS) is 10.8. The SMILES string of the molecule is CCCCn1nnnc1NCc1cc(Cl)c(OCc2cccc(C)c2)c(OCC)c1. The van der Waals surface area contributed by atoms with Crippen molar-refractivity contribution in [2.45, 2.75) is 53.3 Å². The van der Waals surface area contributed by atoms with Crippen LogP contribution in [-0.2, 0) is 19.7 Å². The van der Waals surface area contributed by atoms with Gasteiger partial charge in [0.2, 0.25) is 5.95 Å². The van der Waals surface area contributed by atoms with Crippen molar-refractivity contribution in [3.63, 3.8) is 0 Å². The largest absolute Gasteiger partial charge is 0.490 e. The lowest BCUT2D eigenvalue weighted by Gasteiger charge is -2.16. The van der Waals surface area contributed by atoms with E-state index < -0.39 is 0 Å². The summed E-state index contributed by atoms with van der Waals surface area (Å²) >= 11 is 6.55. The molecule has 1 aromatic heterocycles. The molecule has 1 N–H and O–H groups in total. The average molecular weight is 430 g/mol. The number of aryl methyl sites for hydroxylation is 2. The van der Waals surface area contributed by atoms with E-state index >= 15 is 0 Å². The van der Waals surface area contributed by atoms with Gasteiger partial charge in [0.15, 0.2) is 11.5 Å². The van der Waals surface area contributed by atoms with Gasteiger partial charge in [0, 0.05) is 13.1 Å². The first-order valence-electron chi connectivity index (χ1n) is 10.2. The summed E-state index contributed by atoms with van der Waals surface area (Å²) in [5.41, 5.74) is 3.23. The summed E-state index contributed by atoms with van der Waals surface area (Å²) in [6, 6.07) is 12.0. The summed E-state index contributed by atoms with van der Waals surface area (Å²) in [5, 5.41) is 15.6. The van der Waals surface area contributed by atoms with Gasteiger partial charge in [0.05, 0.1) is 11.6 Å². The Morgan fingerprint density at radius 3 is 2.73 bits per heavy atom. The van der Waals surface area contributed by atoms with Gasteiger partial charge in [-0.2, -0.15) is 0 Å². The van der Waals surface area contributed by atoms with Crippen LogP contribution in [0.4, 0.5) is 5.95 Å². The molecular formula is C22H28ClN5O2. The summed E-state index contributed by atoms with van der Waals surface area (Å²) in [6.07, 6.45) is 2.10. The Labute approximate surface area is 182 Å². The number of benzene rings is 2. The van der Waals surface area contributed by atoms with Gasteiger partial charge in [-0.15, -0.1) is 0 Å². The maximum Gasteiger partial charge on any atom is 0.243 e. The molecule has 0 aliphatic carbocycles. The second-order valence-electron chi connectivity index (χ2n) is 7.05. The smallest absolute Gasteiger partial charge is 0.243 e. The van der Waals surface area contributed by atoms with E-state index in [2.05, 4.69) is 46.8 Å². The van der Waals surface area contributed by atoms with Gasteiger partial charge in [-0.05, 0) is 54.0 Å². The number of hydrogen-bond donors (Lipinski definition) is 1. The quantitative estimate of drug-likeness (QED) is 0.461. The minimum atomic E-state index is 0.422. The zero-order chi connectivity index (χ0) is 21.3. The van der Waals surface area contributed by atoms with E-state index in [0.29, 0.717) is 42.2 Å². The van der Waals surface area contributed by atoms with Crippen LogP contribution >= 0.6 is 11.6 Å². The van der Waals surface area contributed by atoms with E-state index in [1.54, 1.807) is 4.68 Å². The number of hydrogen-bond acceptors (Lipinski definition) is 6. The standard InChI is InChI=1S/C22H28ClN5O2/c1-4-6-10-28-22(25-26-27-28)24-14-18-12-19(23)21(20(13-18)29-5-2)30-15-17-9-7-8-16(3)11-17/h7-9,11-13H,4-6,10,14-15H2,1-3H3,(H,24,25,27). The maximum absolute atomic E-state index is 6.55. The van der Waals surface area contributed by atoms with E-state index in [-0.39, 0.29) is 0 Å². The molecular weight excluding hydrogens is 402 g/mol. The van der Waals surface area contributed by atoms with E-state index in [9.17, 15) is 0 Å². The zero-order valence-electron chi connectivity index (χ0n) is 17.7. The fourth-order valence-corrected chi connectivity index (χ4v) is 3.34. The van der Waals surface area contributed by atoms with Crippen molar-refractivity contribution >= 4 is 17.5 Å². The van der Waals surface area contributed by atoms with Gasteiger partial charge in [-0.1, -0.05) is 59.9 Å². The number of nitrogens with one attached hydrogen (secondary N) is 1. The first kappa shape index (κ1) is 21.9. The molecule has 0 amide bonds. The second-order valence-corrected chi connectivity index (χ2v) is 7.46. The van der Waals surface area contributed by atoms with Gasteiger partial charge in [-0.25, -0.2) is 4.68 Å². The zero-order valence-corrected chi connectivity index (χ0v) is 18.4. The fraction of sp³-hybridized carbons (Fsp3) is 0.409. The van der Waals surface area contributed by atoms with Crippen LogP contribution in [-0.4, -0.2) is 26.8 Å². The van der Waals surface area contributed by atoms with Crippen molar-refractivity contribution in [1.82, 2.24) is 20.2 Å². The molecule has 0 bridgehead atoms. The Hall–Kier alpha value is -2.80. The van der Waals surface area contributed by atoms with Gasteiger partial charge in [0.25, 0.3) is 0 Å². The highest BCUT2D eigenvalue weighted by atomic mass is 35.5. The van der Waals surface area contributed by atoms with Crippen molar-refractivity contribution in [3.8, 4) is 11.5 Å². The number of aromatic nitrogens is 4. The predicted octanol–water partition coefficient (Wildman–Crippen LogP) is 5.02. The molecule has 0 spiro atoms.